The Labute approximate surface area is 588 Å². The van der Waals surface area contributed by atoms with Crippen molar-refractivity contribution >= 4 is 61.0 Å². The van der Waals surface area contributed by atoms with Crippen molar-refractivity contribution in [2.45, 2.75) is 99.8 Å². The normalized spacial score (nSPS) is 13.6. The summed E-state index contributed by atoms with van der Waals surface area (Å²) in [4.78, 5) is 123. The van der Waals surface area contributed by atoms with Crippen LogP contribution in [0.5, 0.6) is 17.2 Å². The predicted molar refractivity (Wildman–Crippen MR) is 377 cm³/mol. The molecule has 7 unspecified atom stereocenters. The summed E-state index contributed by atoms with van der Waals surface area (Å²) in [6, 6.07) is 45.9. The summed E-state index contributed by atoms with van der Waals surface area (Å²) in [5.74, 6) is -5.58. The molecule has 0 amide bonds. The third-order valence-corrected chi connectivity index (χ3v) is 17.4. The molecule has 0 heterocycles. The van der Waals surface area contributed by atoms with Crippen LogP contribution in [-0.2, 0) is 51.9 Å². The average Bonchev–Trinajstić information content (AvgIpc) is 0.865. The fourth-order valence-electron chi connectivity index (χ4n) is 9.89. The molecule has 1 N–H and O–H groups in total. The number of ketones is 3. The number of phosphoric ester groups is 1. The number of quaternary nitrogens is 2. The second kappa shape index (κ2) is 42.3. The van der Waals surface area contributed by atoms with Crippen molar-refractivity contribution in [1.82, 2.24) is 0 Å². The van der Waals surface area contributed by atoms with E-state index in [1.807, 2.05) is 58.4 Å². The third kappa shape index (κ3) is 30.3. The number of hydrogen-bond acceptors (Lipinski definition) is 18. The number of phosphoric acid groups is 1. The molecule has 0 aliphatic heterocycles. The summed E-state index contributed by atoms with van der Waals surface area (Å²) in [5.41, 5.74) is 3.24. The van der Waals surface area contributed by atoms with Crippen LogP contribution >= 0.6 is 7.82 Å². The molecule has 100 heavy (non-hydrogen) atoms. The van der Waals surface area contributed by atoms with Gasteiger partial charge in [-0.1, -0.05) is 146 Å². The minimum absolute atomic E-state index is 0.0219. The van der Waals surface area contributed by atoms with Crippen molar-refractivity contribution < 1.29 is 99.4 Å². The number of carboxylic acids is 1. The van der Waals surface area contributed by atoms with E-state index in [4.69, 9.17) is 37.8 Å². The van der Waals surface area contributed by atoms with Crippen LogP contribution in [0.4, 0.5) is 0 Å². The molecule has 0 aliphatic carbocycles. The van der Waals surface area contributed by atoms with Gasteiger partial charge in [-0.05, 0) is 118 Å². The molecule has 6 rings (SSSR count). The molecule has 0 saturated heterocycles. The number of carbonyl (C=O) groups excluding carboxylic acids is 8. The summed E-state index contributed by atoms with van der Waals surface area (Å²) in [6.07, 6.45) is 4.55. The minimum atomic E-state index is -4.49. The second-order valence-electron chi connectivity index (χ2n) is 26.2. The molecule has 22 heteroatoms. The van der Waals surface area contributed by atoms with Crippen LogP contribution in [0.2, 0.25) is 0 Å². The van der Waals surface area contributed by atoms with E-state index in [0.717, 1.165) is 30.4 Å². The van der Waals surface area contributed by atoms with Crippen LogP contribution in [0.1, 0.15) is 148 Å². The maximum absolute atomic E-state index is 12.6. The quantitative estimate of drug-likeness (QED) is 0.00941. The first-order valence-electron chi connectivity index (χ1n) is 33.9. The van der Waals surface area contributed by atoms with Gasteiger partial charge in [0.2, 0.25) is 0 Å². The Balaban J connectivity index is 0.000000324. The zero-order valence-electron chi connectivity index (χ0n) is 59.8. The number of aliphatic carboxylic acids is 1. The first-order valence-corrected chi connectivity index (χ1v) is 35.4. The average molecular weight is 1400 g/mol. The zero-order chi connectivity index (χ0) is 74.0. The minimum Gasteiger partial charge on any atom is -0.756 e. The highest BCUT2D eigenvalue weighted by Gasteiger charge is 2.29. The lowest BCUT2D eigenvalue weighted by atomic mass is 9.94. The van der Waals surface area contributed by atoms with Crippen LogP contribution in [0.25, 0.3) is 0 Å². The second-order valence-corrected chi connectivity index (χ2v) is 27.6. The van der Waals surface area contributed by atoms with E-state index < -0.39 is 67.3 Å². The smallest absolute Gasteiger partial charge is 0.314 e. The van der Waals surface area contributed by atoms with Crippen molar-refractivity contribution in [2.75, 3.05) is 81.3 Å². The van der Waals surface area contributed by atoms with Crippen molar-refractivity contribution in [3.63, 3.8) is 0 Å². The maximum atomic E-state index is 12.6. The molecule has 0 aliphatic rings. The largest absolute Gasteiger partial charge is 0.756 e. The summed E-state index contributed by atoms with van der Waals surface area (Å²) in [5, 5.41) is 9.09. The van der Waals surface area contributed by atoms with Gasteiger partial charge in [0.1, 0.15) is 50.2 Å². The van der Waals surface area contributed by atoms with E-state index >= 15 is 0 Å². The Kier molecular flexibility index (Phi) is 35.4. The zero-order valence-corrected chi connectivity index (χ0v) is 60.7. The Hall–Kier alpha value is -8.82. The Morgan fingerprint density at radius 2 is 0.710 bits per heavy atom. The molecular weight excluding hydrogens is 1300 g/mol. The number of nitrogens with zero attached hydrogens (tertiary/aromatic N) is 2. The van der Waals surface area contributed by atoms with Gasteiger partial charge in [0, 0.05) is 33.4 Å². The Morgan fingerprint density at radius 1 is 0.400 bits per heavy atom. The lowest BCUT2D eigenvalue weighted by Crippen LogP contribution is -2.43. The topological polar surface area (TPSA) is 279 Å². The first kappa shape index (κ1) is 83.6. The van der Waals surface area contributed by atoms with E-state index in [1.165, 1.54) is 0 Å². The summed E-state index contributed by atoms with van der Waals surface area (Å²) in [7, 11) is 5.49. The van der Waals surface area contributed by atoms with Crippen molar-refractivity contribution in [2.24, 2.45) is 35.5 Å². The lowest BCUT2D eigenvalue weighted by molar-refractivity contribution is -0.890. The van der Waals surface area contributed by atoms with Crippen molar-refractivity contribution in [3.8, 4) is 17.2 Å². The molecule has 6 aromatic rings. The third-order valence-electron chi connectivity index (χ3n) is 16.4. The van der Waals surface area contributed by atoms with Crippen molar-refractivity contribution in [1.29, 1.82) is 0 Å². The summed E-state index contributed by atoms with van der Waals surface area (Å²) < 4.78 is 49.6. The van der Waals surface area contributed by atoms with Crippen LogP contribution in [-0.4, -0.2) is 149 Å². The lowest BCUT2D eigenvalue weighted by Gasteiger charge is -2.29. The van der Waals surface area contributed by atoms with Gasteiger partial charge in [-0.25, -0.2) is 0 Å². The molecule has 21 nitrogen and oxygen atoms in total. The van der Waals surface area contributed by atoms with E-state index in [0.29, 0.717) is 88.2 Å². The Morgan fingerprint density at radius 3 is 1.02 bits per heavy atom. The standard InChI is InChI=1S/C29H40NO5.C28H38NO9P.C21H22O5/c1-6-8-18-30(4,5)19-20-34-29(33)23(7-2)21-22(3)28(32)35-26-16-14-25(15-17-26)27(31)24-12-10-9-11-13-24;1-6-22(28(32)35-18-19-37-39(33,34)36-17-16-29(3,4)5)20-21(2)27(31)38-25-14-12-24(13-15-25)26(30)23-10-8-7-9-11-23;1-3-15(20(23)24)13-14(2)21(25)26-18-11-9-17(10-12-18)19(22)16-7-5-4-6-8-16/h9-17,22-23H,6-8,18-21H2,1-5H3;7-15,21-22H,6,16-20H2,1-5H3;4-12,14-15H,3,13H2,1-2H3,(H,23,24)/q+1;;. The number of hydrogen-bond donors (Lipinski definition) is 1. The predicted octanol–water partition coefficient (Wildman–Crippen LogP) is 12.9. The van der Waals surface area contributed by atoms with Gasteiger partial charge in [0.15, 0.2) is 17.3 Å². The summed E-state index contributed by atoms with van der Waals surface area (Å²) >= 11 is 0. The molecule has 0 spiro atoms. The van der Waals surface area contributed by atoms with E-state index in [-0.39, 0.29) is 67.6 Å². The monoisotopic (exact) mass is 1400 g/mol. The number of rotatable bonds is 38. The van der Waals surface area contributed by atoms with E-state index in [9.17, 15) is 52.6 Å². The van der Waals surface area contributed by atoms with E-state index in [2.05, 4.69) is 21.0 Å². The number of unbranched alkanes of at least 4 members (excludes halogenated alkanes) is 1. The van der Waals surface area contributed by atoms with Gasteiger partial charge in [0.05, 0.1) is 83.9 Å². The number of carbonyl (C=O) groups is 9. The molecule has 540 valence electrons. The number of ether oxygens (including phenoxy) is 5. The highest BCUT2D eigenvalue weighted by molar-refractivity contribution is 7.45. The highest BCUT2D eigenvalue weighted by atomic mass is 31.2. The van der Waals surface area contributed by atoms with Gasteiger partial charge in [0.25, 0.3) is 7.82 Å². The first-order chi connectivity index (χ1) is 47.4. The number of esters is 5. The molecule has 7 atom stereocenters. The molecular formula is C78H100N2O19P+. The SMILES string of the molecule is CCC(CC(C)C(=O)Oc1ccc(C(=O)c2ccccc2)cc1)C(=O)O.CCC(CC(C)C(=O)Oc1ccc(C(=O)c2ccccc2)cc1)C(=O)OCCOP(=O)([O-])OCC[N+](C)(C)C.CCCC[N+](C)(C)CCOC(=O)C(CC)CC(C)C(=O)Oc1ccc(C(=O)c2ccccc2)cc1. The van der Waals surface area contributed by atoms with Gasteiger partial charge >= 0.3 is 35.8 Å². The molecule has 0 aromatic heterocycles. The molecule has 0 fully saturated rings. The van der Waals surface area contributed by atoms with Crippen LogP contribution < -0.4 is 19.1 Å². The van der Waals surface area contributed by atoms with Gasteiger partial charge in [-0.3, -0.25) is 47.7 Å². The van der Waals surface area contributed by atoms with E-state index in [1.54, 1.807) is 168 Å². The van der Waals surface area contributed by atoms with Crippen LogP contribution in [0, 0.1) is 35.5 Å². The molecule has 0 radical (unpaired) electrons. The summed E-state index contributed by atoms with van der Waals surface area (Å²) in [6.45, 7) is 14.7. The fraction of sp³-hybridized carbons (Fsp3) is 0.423. The fourth-order valence-corrected chi connectivity index (χ4v) is 10.6. The molecule has 6 aromatic carbocycles. The number of likely N-dealkylation sites (N-methyl/N-ethyl adjacent to an activating group) is 2. The number of benzene rings is 6. The van der Waals surface area contributed by atoms with Crippen LogP contribution in [0.3, 0.4) is 0 Å². The highest BCUT2D eigenvalue weighted by Crippen LogP contribution is 2.38. The van der Waals surface area contributed by atoms with Crippen molar-refractivity contribution in [3.05, 3.63) is 197 Å². The Bertz CT molecular complexity index is 3600. The number of carboxylic acid groups (broad SMARTS) is 1. The van der Waals surface area contributed by atoms with Gasteiger partial charge < -0.3 is 51.7 Å². The maximum Gasteiger partial charge on any atom is 0.314 e. The molecule has 0 saturated carbocycles. The molecule has 0 bridgehead atoms. The van der Waals surface area contributed by atoms with Gasteiger partial charge in [-0.2, -0.15) is 0 Å². The van der Waals surface area contributed by atoms with Crippen LogP contribution in [0.15, 0.2) is 164 Å². The van der Waals surface area contributed by atoms with Gasteiger partial charge in [-0.15, -0.1) is 0 Å².